The minimum atomic E-state index is -0.392. The van der Waals surface area contributed by atoms with Crippen LogP contribution in [0.5, 0.6) is 0 Å². The normalized spacial score (nSPS) is 21.5. The molecular formula is C17H26FN3O. The van der Waals surface area contributed by atoms with Gasteiger partial charge < -0.3 is 4.90 Å². The number of rotatable bonds is 3. The highest BCUT2D eigenvalue weighted by molar-refractivity contribution is 5.86. The van der Waals surface area contributed by atoms with Crippen molar-refractivity contribution in [1.29, 1.82) is 0 Å². The molecular weight excluding hydrogens is 281 g/mol. The minimum absolute atomic E-state index is 0.0779. The highest BCUT2D eigenvalue weighted by Gasteiger charge is 2.43. The lowest BCUT2D eigenvalue weighted by Gasteiger charge is -2.51. The van der Waals surface area contributed by atoms with Gasteiger partial charge in [-0.2, -0.15) is 0 Å². The number of hydrogen-bond acceptors (Lipinski definition) is 3. The molecule has 1 aliphatic heterocycles. The third-order valence-corrected chi connectivity index (χ3v) is 4.56. The van der Waals surface area contributed by atoms with Gasteiger partial charge in [-0.15, -0.1) is 0 Å². The quantitative estimate of drug-likeness (QED) is 0.513. The molecule has 0 bridgehead atoms. The number of nitrogens with one attached hydrogen (secondary N) is 1. The van der Waals surface area contributed by atoms with E-state index in [0.29, 0.717) is 0 Å². The van der Waals surface area contributed by atoms with Crippen LogP contribution in [0.25, 0.3) is 0 Å². The van der Waals surface area contributed by atoms with Crippen LogP contribution in [0.4, 0.5) is 10.1 Å². The van der Waals surface area contributed by atoms with Crippen molar-refractivity contribution in [3.63, 3.8) is 0 Å². The Morgan fingerprint density at radius 1 is 1.45 bits per heavy atom. The minimum Gasteiger partial charge on any atom is -0.354 e. The molecule has 22 heavy (non-hydrogen) atoms. The summed E-state index contributed by atoms with van der Waals surface area (Å²) in [7, 11) is 0. The fraction of sp³-hybridized carbons (Fsp3) is 0.588. The maximum absolute atomic E-state index is 13.7. The lowest BCUT2D eigenvalue weighted by Crippen LogP contribution is -2.61. The van der Waals surface area contributed by atoms with E-state index in [1.807, 2.05) is 13.8 Å². The molecule has 2 rings (SSSR count). The molecule has 0 radical (unpaired) electrons. The van der Waals surface area contributed by atoms with E-state index in [-0.39, 0.29) is 29.1 Å². The number of nitrogens with zero attached hydrogens (tertiary/aromatic N) is 1. The summed E-state index contributed by atoms with van der Waals surface area (Å²) in [5.74, 6) is 5.25. The van der Waals surface area contributed by atoms with Gasteiger partial charge in [0, 0.05) is 11.2 Å². The van der Waals surface area contributed by atoms with E-state index < -0.39 is 6.04 Å². The maximum atomic E-state index is 13.7. The van der Waals surface area contributed by atoms with Crippen LogP contribution in [0.2, 0.25) is 0 Å². The number of fused-ring (bicyclic) bond motifs is 1. The lowest BCUT2D eigenvalue weighted by atomic mass is 9.78. The highest BCUT2D eigenvalue weighted by Crippen LogP contribution is 2.45. The Bertz CT molecular complexity index is 571. The first-order valence-corrected chi connectivity index (χ1v) is 7.78. The number of hydrogen-bond donors (Lipinski definition) is 2. The van der Waals surface area contributed by atoms with Gasteiger partial charge in [0.05, 0.1) is 0 Å². The molecule has 0 aromatic heterocycles. The molecule has 1 aromatic rings. The van der Waals surface area contributed by atoms with Crippen molar-refractivity contribution in [3.8, 4) is 0 Å². The first-order chi connectivity index (χ1) is 10.2. The molecule has 1 heterocycles. The van der Waals surface area contributed by atoms with Gasteiger partial charge in [-0.05, 0) is 55.9 Å². The second kappa shape index (κ2) is 5.88. The number of anilines is 1. The van der Waals surface area contributed by atoms with E-state index in [1.54, 1.807) is 12.1 Å². The Labute approximate surface area is 131 Å². The molecule has 0 saturated carbocycles. The van der Waals surface area contributed by atoms with Crippen LogP contribution < -0.4 is 16.2 Å². The molecule has 5 heteroatoms. The van der Waals surface area contributed by atoms with Crippen LogP contribution >= 0.6 is 0 Å². The van der Waals surface area contributed by atoms with E-state index in [1.165, 1.54) is 6.07 Å². The summed E-state index contributed by atoms with van der Waals surface area (Å²) in [6, 6.07) is 4.43. The summed E-state index contributed by atoms with van der Waals surface area (Å²) in [5.41, 5.74) is 3.94. The number of carbonyl (C=O) groups excluding carboxylic acids is 1. The Kier molecular flexibility index (Phi) is 4.47. The zero-order valence-corrected chi connectivity index (χ0v) is 14.0. The van der Waals surface area contributed by atoms with Crippen molar-refractivity contribution in [2.75, 3.05) is 4.90 Å². The highest BCUT2D eigenvalue weighted by atomic mass is 19.1. The van der Waals surface area contributed by atoms with Crippen molar-refractivity contribution >= 4 is 11.6 Å². The molecule has 1 aliphatic rings. The van der Waals surface area contributed by atoms with Gasteiger partial charge in [-0.1, -0.05) is 20.8 Å². The zero-order chi connectivity index (χ0) is 16.7. The Hall–Kier alpha value is -1.62. The summed E-state index contributed by atoms with van der Waals surface area (Å²) in [6.07, 6.45) is 0.852. The maximum Gasteiger partial charge on any atom is 0.256 e. The lowest BCUT2D eigenvalue weighted by molar-refractivity contribution is -0.123. The molecule has 3 N–H and O–H groups in total. The number of halogens is 1. The van der Waals surface area contributed by atoms with Crippen LogP contribution in [-0.2, 0) is 4.79 Å². The van der Waals surface area contributed by atoms with Gasteiger partial charge in [0.2, 0.25) is 0 Å². The van der Waals surface area contributed by atoms with Crippen molar-refractivity contribution < 1.29 is 9.18 Å². The molecule has 1 amide bonds. The van der Waals surface area contributed by atoms with Crippen molar-refractivity contribution in [1.82, 2.24) is 5.43 Å². The third-order valence-electron chi connectivity index (χ3n) is 4.56. The molecule has 0 fully saturated rings. The molecule has 2 atom stereocenters. The average Bonchev–Trinajstić information content (AvgIpc) is 2.42. The number of amides is 1. The molecule has 4 nitrogen and oxygen atoms in total. The summed E-state index contributed by atoms with van der Waals surface area (Å²) in [5, 5.41) is 0. The number of carbonyl (C=O) groups is 1. The predicted octanol–water partition coefficient (Wildman–Crippen LogP) is 2.93. The molecule has 0 spiro atoms. The van der Waals surface area contributed by atoms with E-state index in [0.717, 1.165) is 17.7 Å². The van der Waals surface area contributed by atoms with E-state index in [9.17, 15) is 9.18 Å². The summed E-state index contributed by atoms with van der Waals surface area (Å²) < 4.78 is 13.7. The van der Waals surface area contributed by atoms with E-state index >= 15 is 0 Å². The van der Waals surface area contributed by atoms with Gasteiger partial charge in [-0.25, -0.2) is 10.2 Å². The molecule has 1 aromatic carbocycles. The Balaban J connectivity index is 2.61. The van der Waals surface area contributed by atoms with E-state index in [2.05, 4.69) is 31.1 Å². The van der Waals surface area contributed by atoms with Gasteiger partial charge in [0.15, 0.2) is 0 Å². The van der Waals surface area contributed by atoms with Crippen LogP contribution in [0.15, 0.2) is 18.2 Å². The first kappa shape index (κ1) is 16.7. The molecule has 122 valence electrons. The van der Waals surface area contributed by atoms with Gasteiger partial charge in [-0.3, -0.25) is 10.2 Å². The van der Waals surface area contributed by atoms with Gasteiger partial charge in [0.1, 0.15) is 11.9 Å². The summed E-state index contributed by atoms with van der Waals surface area (Å²) >= 11 is 0. The van der Waals surface area contributed by atoms with Crippen LogP contribution in [0.1, 0.15) is 52.5 Å². The van der Waals surface area contributed by atoms with E-state index in [4.69, 9.17) is 5.84 Å². The first-order valence-electron chi connectivity index (χ1n) is 7.78. The fourth-order valence-electron chi connectivity index (χ4n) is 3.75. The topological polar surface area (TPSA) is 58.4 Å². The second-order valence-corrected chi connectivity index (χ2v) is 7.19. The fourth-order valence-corrected chi connectivity index (χ4v) is 3.75. The van der Waals surface area contributed by atoms with Gasteiger partial charge >= 0.3 is 0 Å². The second-order valence-electron chi connectivity index (χ2n) is 7.19. The Morgan fingerprint density at radius 3 is 2.64 bits per heavy atom. The largest absolute Gasteiger partial charge is 0.354 e. The van der Waals surface area contributed by atoms with Crippen LogP contribution in [0.3, 0.4) is 0 Å². The van der Waals surface area contributed by atoms with Crippen molar-refractivity contribution in [2.24, 2.45) is 11.8 Å². The standard InChI is InChI=1S/C17H26FN3O/c1-10(2)15(16(22)20-19)21-14-7-6-12(18)8-13(14)11(3)9-17(21,4)5/h6-8,10-11,15H,9,19H2,1-5H3,(H,20,22)/t11-,15-/m0/s1. The average molecular weight is 307 g/mol. The van der Waals surface area contributed by atoms with Crippen molar-refractivity contribution in [2.45, 2.75) is 58.5 Å². The monoisotopic (exact) mass is 307 g/mol. The van der Waals surface area contributed by atoms with Crippen LogP contribution in [0, 0.1) is 11.7 Å². The molecule has 0 saturated heterocycles. The Morgan fingerprint density at radius 2 is 2.09 bits per heavy atom. The third kappa shape index (κ3) is 2.82. The number of nitrogens with two attached hydrogens (primary N) is 1. The van der Waals surface area contributed by atoms with Gasteiger partial charge in [0.25, 0.3) is 5.91 Å². The zero-order valence-electron chi connectivity index (χ0n) is 14.0. The number of hydrazine groups is 1. The molecule has 0 aliphatic carbocycles. The van der Waals surface area contributed by atoms with Crippen molar-refractivity contribution in [3.05, 3.63) is 29.6 Å². The number of benzene rings is 1. The van der Waals surface area contributed by atoms with Crippen LogP contribution in [-0.4, -0.2) is 17.5 Å². The summed E-state index contributed by atoms with van der Waals surface area (Å²) in [4.78, 5) is 14.5. The predicted molar refractivity (Wildman–Crippen MR) is 86.9 cm³/mol. The smallest absolute Gasteiger partial charge is 0.256 e. The summed E-state index contributed by atoms with van der Waals surface area (Å²) in [6.45, 7) is 10.3. The SMILES string of the molecule is CC(C)[C@@H](C(=O)NN)N1c2ccc(F)cc2[C@@H](C)CC1(C)C. The molecule has 0 unspecified atom stereocenters.